The fraction of sp³-hybridized carbons (Fsp3) is 0. The Kier molecular flexibility index (Phi) is 5.08. The molecule has 0 bridgehead atoms. The van der Waals surface area contributed by atoms with Gasteiger partial charge in [-0.25, -0.2) is 15.0 Å². The smallest absolute Gasteiger partial charge is 0.167 e. The molecule has 51 heavy (non-hydrogen) atoms. The van der Waals surface area contributed by atoms with Gasteiger partial charge < -0.3 is 8.98 Å². The third-order valence-corrected chi connectivity index (χ3v) is 10.7. The van der Waals surface area contributed by atoms with Crippen molar-refractivity contribution in [2.75, 3.05) is 0 Å². The number of fused-ring (bicyclic) bond motifs is 9. The summed E-state index contributed by atoms with van der Waals surface area (Å²) in [5.41, 5.74) is 5.57. The van der Waals surface area contributed by atoms with Crippen LogP contribution in [0, 0.1) is 0 Å². The van der Waals surface area contributed by atoms with Gasteiger partial charge in [-0.2, -0.15) is 0 Å². The molecule has 0 saturated heterocycles. The molecule has 0 fully saturated rings. The first-order chi connectivity index (χ1) is 27.3. The van der Waals surface area contributed by atoms with Gasteiger partial charge in [-0.05, 0) is 54.6 Å². The highest BCUT2D eigenvalue weighted by Crippen LogP contribution is 2.40. The summed E-state index contributed by atoms with van der Waals surface area (Å²) >= 11 is 1.70. The van der Waals surface area contributed by atoms with Crippen LogP contribution in [0.1, 0.15) is 6.85 Å². The molecule has 0 unspecified atom stereocenters. The van der Waals surface area contributed by atoms with Gasteiger partial charge >= 0.3 is 0 Å². The number of benzene rings is 7. The van der Waals surface area contributed by atoms with Crippen LogP contribution in [0.4, 0.5) is 0 Å². The molecule has 0 spiro atoms. The summed E-state index contributed by atoms with van der Waals surface area (Å²) in [5, 5.41) is 6.28. The van der Waals surface area contributed by atoms with Crippen molar-refractivity contribution in [2.24, 2.45) is 0 Å². The van der Waals surface area contributed by atoms with E-state index in [4.69, 9.17) is 26.2 Å². The van der Waals surface area contributed by atoms with Crippen LogP contribution in [-0.4, -0.2) is 19.5 Å². The lowest BCUT2D eigenvalue weighted by Crippen LogP contribution is -2.00. The summed E-state index contributed by atoms with van der Waals surface area (Å²) < 4.78 is 53.8. The lowest BCUT2D eigenvalue weighted by atomic mass is 10.1. The van der Waals surface area contributed by atoms with Gasteiger partial charge in [0.1, 0.15) is 11.2 Å². The first kappa shape index (κ1) is 23.7. The summed E-state index contributed by atoms with van der Waals surface area (Å²) in [7, 11) is 0. The standard InChI is InChI=1S/C45H26N4OS/c1-2-11-27(12-3-1)43-46-44(28-21-24-41-36(25-28)33-15-6-9-20-40(33)51-41)48-45(47-43)35-17-10-16-34-32-23-22-29(26-39(32)50-42(34)35)49-37-18-7-4-13-30(37)31-14-5-8-19-38(31)49/h1-26H/i1D,2D,3D,11D,12D. The van der Waals surface area contributed by atoms with E-state index in [2.05, 4.69) is 71.3 Å². The van der Waals surface area contributed by atoms with Crippen LogP contribution in [0.25, 0.3) is 104 Å². The molecule has 238 valence electrons. The Bertz CT molecular complexity index is 3380. The molecule has 0 radical (unpaired) electrons. The second-order valence-corrected chi connectivity index (χ2v) is 13.5. The van der Waals surface area contributed by atoms with Gasteiger partial charge in [0, 0.05) is 64.6 Å². The third kappa shape index (κ3) is 4.37. The first-order valence-corrected chi connectivity index (χ1v) is 17.3. The molecule has 7 aromatic carbocycles. The van der Waals surface area contributed by atoms with Crippen LogP contribution in [0.2, 0.25) is 0 Å². The van der Waals surface area contributed by atoms with Crippen molar-refractivity contribution in [3.63, 3.8) is 0 Å². The van der Waals surface area contributed by atoms with Gasteiger partial charge in [0.05, 0.1) is 23.5 Å². The molecule has 0 aliphatic heterocycles. The quantitative estimate of drug-likeness (QED) is 0.186. The third-order valence-electron chi connectivity index (χ3n) is 9.56. The molecule has 0 saturated carbocycles. The summed E-state index contributed by atoms with van der Waals surface area (Å²) in [6.45, 7) is 0. The molecule has 0 aliphatic rings. The van der Waals surface area contributed by atoms with Crippen LogP contribution < -0.4 is 0 Å². The second kappa shape index (κ2) is 10.9. The summed E-state index contributed by atoms with van der Waals surface area (Å²) in [5.74, 6) is 0.522. The van der Waals surface area contributed by atoms with Crippen molar-refractivity contribution >= 4 is 75.3 Å². The monoisotopic (exact) mass is 675 g/mol. The minimum absolute atomic E-state index is 0.0287. The van der Waals surface area contributed by atoms with Gasteiger partial charge in [-0.1, -0.05) is 96.9 Å². The molecule has 11 rings (SSSR count). The molecular formula is C45H26N4OS. The zero-order chi connectivity index (χ0) is 37.8. The Morgan fingerprint density at radius 2 is 1.18 bits per heavy atom. The van der Waals surface area contributed by atoms with Crippen molar-refractivity contribution in [1.29, 1.82) is 0 Å². The Morgan fingerprint density at radius 1 is 0.510 bits per heavy atom. The van der Waals surface area contributed by atoms with Crippen molar-refractivity contribution in [1.82, 2.24) is 19.5 Å². The van der Waals surface area contributed by atoms with E-state index in [1.807, 2.05) is 60.7 Å². The molecule has 6 heteroatoms. The van der Waals surface area contributed by atoms with Crippen molar-refractivity contribution in [3.8, 4) is 39.9 Å². The van der Waals surface area contributed by atoms with Gasteiger partial charge in [-0.3, -0.25) is 0 Å². The van der Waals surface area contributed by atoms with Crippen LogP contribution in [0.5, 0.6) is 0 Å². The number of furan rings is 1. The van der Waals surface area contributed by atoms with Gasteiger partial charge in [0.15, 0.2) is 17.5 Å². The minimum Gasteiger partial charge on any atom is -0.455 e. The van der Waals surface area contributed by atoms with Gasteiger partial charge in [0.2, 0.25) is 0 Å². The number of rotatable bonds is 4. The zero-order valence-electron chi connectivity index (χ0n) is 31.7. The van der Waals surface area contributed by atoms with E-state index < -0.39 is 30.2 Å². The van der Waals surface area contributed by atoms with Gasteiger partial charge in [-0.15, -0.1) is 11.3 Å². The largest absolute Gasteiger partial charge is 0.455 e. The Labute approximate surface area is 302 Å². The molecule has 0 N–H and O–H groups in total. The van der Waals surface area contributed by atoms with Crippen LogP contribution in [-0.2, 0) is 0 Å². The van der Waals surface area contributed by atoms with E-state index in [1.54, 1.807) is 11.3 Å². The number of thiophene rings is 1. The maximum Gasteiger partial charge on any atom is 0.167 e. The van der Waals surface area contributed by atoms with Crippen molar-refractivity contribution < 1.29 is 11.3 Å². The molecule has 0 atom stereocenters. The number of nitrogens with zero attached hydrogens (tertiary/aromatic N) is 4. The predicted molar refractivity (Wildman–Crippen MR) is 211 cm³/mol. The van der Waals surface area contributed by atoms with E-state index in [0.29, 0.717) is 28.1 Å². The summed E-state index contributed by atoms with van der Waals surface area (Å²) in [6, 6.07) is 40.8. The SMILES string of the molecule is [2H]c1c([2H])c([2H])c(-c2nc(-c3ccc4sc5ccccc5c4c3)nc(-c3cccc4c3oc3cc(-n5c6ccccc6c6ccccc65)ccc34)n2)c([2H])c1[2H]. The molecular weight excluding hydrogens is 645 g/mol. The van der Waals surface area contributed by atoms with Gasteiger partial charge in [0.25, 0.3) is 0 Å². The van der Waals surface area contributed by atoms with E-state index in [9.17, 15) is 0 Å². The molecule has 4 heterocycles. The molecule has 0 amide bonds. The Hall–Kier alpha value is -6.63. The molecule has 4 aromatic heterocycles. The fourth-order valence-corrected chi connectivity index (χ4v) is 8.35. The van der Waals surface area contributed by atoms with Crippen LogP contribution >= 0.6 is 11.3 Å². The van der Waals surface area contributed by atoms with Crippen molar-refractivity contribution in [3.05, 3.63) is 158 Å². The Balaban J connectivity index is 1.14. The highest BCUT2D eigenvalue weighted by molar-refractivity contribution is 7.25. The predicted octanol–water partition coefficient (Wildman–Crippen LogP) is 12.2. The lowest BCUT2D eigenvalue weighted by molar-refractivity contribution is 0.669. The van der Waals surface area contributed by atoms with Crippen molar-refractivity contribution in [2.45, 2.75) is 0 Å². The lowest BCUT2D eigenvalue weighted by Gasteiger charge is -2.09. The van der Waals surface area contributed by atoms with Crippen LogP contribution in [0.15, 0.2) is 162 Å². The maximum atomic E-state index is 8.79. The molecule has 11 aromatic rings. The highest BCUT2D eigenvalue weighted by atomic mass is 32.1. The summed E-state index contributed by atoms with van der Waals surface area (Å²) in [6.07, 6.45) is 0. The van der Waals surface area contributed by atoms with E-state index >= 15 is 0 Å². The average molecular weight is 676 g/mol. The molecule has 0 aliphatic carbocycles. The van der Waals surface area contributed by atoms with E-state index in [1.165, 1.54) is 10.8 Å². The highest BCUT2D eigenvalue weighted by Gasteiger charge is 2.19. The minimum atomic E-state index is -0.486. The number of aromatic nitrogens is 4. The fourth-order valence-electron chi connectivity index (χ4n) is 7.27. The maximum absolute atomic E-state index is 8.79. The Morgan fingerprint density at radius 3 is 1.98 bits per heavy atom. The average Bonchev–Trinajstić information content (AvgIpc) is 3.91. The topological polar surface area (TPSA) is 56.7 Å². The first-order valence-electron chi connectivity index (χ1n) is 19.0. The normalized spacial score (nSPS) is 13.3. The molecule has 5 nitrogen and oxygen atoms in total. The number of hydrogen-bond acceptors (Lipinski definition) is 5. The summed E-state index contributed by atoms with van der Waals surface area (Å²) in [4.78, 5) is 14.6. The number of hydrogen-bond donors (Lipinski definition) is 0. The van der Waals surface area contributed by atoms with E-state index in [-0.39, 0.29) is 17.2 Å². The van der Waals surface area contributed by atoms with Crippen LogP contribution in [0.3, 0.4) is 0 Å². The number of para-hydroxylation sites is 3. The van der Waals surface area contributed by atoms with E-state index in [0.717, 1.165) is 47.7 Å². The zero-order valence-corrected chi connectivity index (χ0v) is 27.5. The second-order valence-electron chi connectivity index (χ2n) is 12.4.